The molecular weight excluding hydrogens is 458 g/mol. The van der Waals surface area contributed by atoms with Crippen molar-refractivity contribution in [1.29, 1.82) is 0 Å². The predicted molar refractivity (Wildman–Crippen MR) is 114 cm³/mol. The Bertz CT molecular complexity index is 896. The Balaban J connectivity index is 1.98. The standard InChI is InChI=1S/C21H25NO10S/c1-11(23)22-15-13(30-18(25)12-7-5-4-6-8-12)9-21(28-3,19(26)27-2)32-17(15)16(24)14-10-29-20(33)31-14/h4-8,13-17,24H,9-10H2,1-3H3,(H,22,23)/t13-,14+,15+,16+,17+,21-/m0/s1. The molecule has 0 bridgehead atoms. The lowest BCUT2D eigenvalue weighted by atomic mass is 9.88. The summed E-state index contributed by atoms with van der Waals surface area (Å²) in [4.78, 5) is 37.4. The maximum Gasteiger partial charge on any atom is 0.366 e. The van der Waals surface area contributed by atoms with Crippen LogP contribution < -0.4 is 5.32 Å². The summed E-state index contributed by atoms with van der Waals surface area (Å²) in [6, 6.07) is 7.08. The highest BCUT2D eigenvalue weighted by Gasteiger charge is 2.58. The third-order valence-corrected chi connectivity index (χ3v) is 5.56. The number of methoxy groups -OCH3 is 2. The third-order valence-electron chi connectivity index (χ3n) is 5.35. The molecule has 2 fully saturated rings. The van der Waals surface area contributed by atoms with Gasteiger partial charge in [-0.05, 0) is 12.1 Å². The monoisotopic (exact) mass is 483 g/mol. The molecule has 2 N–H and O–H groups in total. The van der Waals surface area contributed by atoms with Crippen LogP contribution in [0.25, 0.3) is 0 Å². The summed E-state index contributed by atoms with van der Waals surface area (Å²) < 4.78 is 32.1. The molecule has 2 heterocycles. The van der Waals surface area contributed by atoms with E-state index < -0.39 is 54.1 Å². The van der Waals surface area contributed by atoms with Crippen LogP contribution in [0.2, 0.25) is 0 Å². The van der Waals surface area contributed by atoms with Crippen LogP contribution in [-0.4, -0.2) is 85.3 Å². The Hall–Kier alpha value is -2.80. The van der Waals surface area contributed by atoms with Crippen LogP contribution in [0.1, 0.15) is 23.7 Å². The molecule has 1 aromatic rings. The smallest absolute Gasteiger partial charge is 0.366 e. The molecule has 2 aliphatic rings. The zero-order chi connectivity index (χ0) is 24.2. The first kappa shape index (κ1) is 24.8. The van der Waals surface area contributed by atoms with E-state index in [9.17, 15) is 19.5 Å². The van der Waals surface area contributed by atoms with Gasteiger partial charge in [0.15, 0.2) is 6.10 Å². The Morgan fingerprint density at radius 2 is 1.94 bits per heavy atom. The number of amides is 1. The molecule has 0 unspecified atom stereocenters. The van der Waals surface area contributed by atoms with Crippen LogP contribution >= 0.6 is 12.2 Å². The summed E-state index contributed by atoms with van der Waals surface area (Å²) in [5.41, 5.74) is 0.252. The second-order valence-electron chi connectivity index (χ2n) is 7.48. The minimum absolute atomic E-state index is 0.0840. The maximum absolute atomic E-state index is 12.8. The number of esters is 2. The molecule has 2 saturated heterocycles. The Kier molecular flexibility index (Phi) is 7.84. The Morgan fingerprint density at radius 3 is 2.48 bits per heavy atom. The summed E-state index contributed by atoms with van der Waals surface area (Å²) in [6.45, 7) is 1.17. The maximum atomic E-state index is 12.8. The van der Waals surface area contributed by atoms with Gasteiger partial charge in [-0.1, -0.05) is 18.2 Å². The molecule has 0 radical (unpaired) electrons. The topological polar surface area (TPSA) is 139 Å². The van der Waals surface area contributed by atoms with Gasteiger partial charge in [-0.2, -0.15) is 0 Å². The van der Waals surface area contributed by atoms with Crippen molar-refractivity contribution in [2.75, 3.05) is 20.8 Å². The molecule has 0 aromatic heterocycles. The number of benzene rings is 1. The number of hydrogen-bond acceptors (Lipinski definition) is 11. The number of aliphatic hydroxyl groups excluding tert-OH is 1. The fraction of sp³-hybridized carbons (Fsp3) is 0.524. The first-order chi connectivity index (χ1) is 15.7. The van der Waals surface area contributed by atoms with Crippen LogP contribution in [0.3, 0.4) is 0 Å². The van der Waals surface area contributed by atoms with Crippen molar-refractivity contribution in [2.24, 2.45) is 0 Å². The van der Waals surface area contributed by atoms with E-state index in [1.54, 1.807) is 30.3 Å². The number of carbonyl (C=O) groups is 3. The fourth-order valence-corrected chi connectivity index (χ4v) is 3.95. The van der Waals surface area contributed by atoms with Crippen molar-refractivity contribution in [3.8, 4) is 0 Å². The Morgan fingerprint density at radius 1 is 1.24 bits per heavy atom. The van der Waals surface area contributed by atoms with Crippen molar-refractivity contribution in [3.05, 3.63) is 35.9 Å². The molecule has 180 valence electrons. The van der Waals surface area contributed by atoms with Crippen LogP contribution in [0.5, 0.6) is 0 Å². The van der Waals surface area contributed by atoms with E-state index in [0.29, 0.717) is 0 Å². The molecular formula is C21H25NO10S. The minimum atomic E-state index is -2.03. The second kappa shape index (κ2) is 10.4. The van der Waals surface area contributed by atoms with Crippen molar-refractivity contribution >= 4 is 35.3 Å². The fourth-order valence-electron chi connectivity index (χ4n) is 3.75. The van der Waals surface area contributed by atoms with Crippen LogP contribution in [0.15, 0.2) is 30.3 Å². The minimum Gasteiger partial charge on any atom is -0.465 e. The molecule has 0 aliphatic carbocycles. The second-order valence-corrected chi connectivity index (χ2v) is 7.81. The van der Waals surface area contributed by atoms with Gasteiger partial charge in [-0.15, -0.1) is 0 Å². The van der Waals surface area contributed by atoms with E-state index >= 15 is 0 Å². The van der Waals surface area contributed by atoms with Crippen molar-refractivity contribution in [1.82, 2.24) is 5.32 Å². The molecule has 1 amide bonds. The van der Waals surface area contributed by atoms with Gasteiger partial charge in [0.1, 0.15) is 24.9 Å². The van der Waals surface area contributed by atoms with E-state index in [4.69, 9.17) is 40.6 Å². The molecule has 33 heavy (non-hydrogen) atoms. The van der Waals surface area contributed by atoms with Crippen LogP contribution in [0, 0.1) is 0 Å². The molecule has 11 nitrogen and oxygen atoms in total. The highest BCUT2D eigenvalue weighted by molar-refractivity contribution is 7.79. The average Bonchev–Trinajstić information content (AvgIpc) is 3.25. The largest absolute Gasteiger partial charge is 0.465 e. The average molecular weight is 483 g/mol. The van der Waals surface area contributed by atoms with Crippen molar-refractivity contribution in [2.45, 2.75) is 49.6 Å². The normalized spacial score (nSPS) is 29.9. The number of carbonyl (C=O) groups excluding carboxylic acids is 3. The third kappa shape index (κ3) is 5.41. The van der Waals surface area contributed by atoms with Gasteiger partial charge in [0.2, 0.25) is 5.91 Å². The summed E-state index contributed by atoms with van der Waals surface area (Å²) >= 11 is 4.84. The van der Waals surface area contributed by atoms with Gasteiger partial charge in [0.05, 0.1) is 25.1 Å². The highest BCUT2D eigenvalue weighted by Crippen LogP contribution is 2.36. The first-order valence-corrected chi connectivity index (χ1v) is 10.5. The van der Waals surface area contributed by atoms with Crippen LogP contribution in [0.4, 0.5) is 0 Å². The van der Waals surface area contributed by atoms with E-state index in [1.807, 2.05) is 0 Å². The number of ether oxygens (including phenoxy) is 6. The van der Waals surface area contributed by atoms with Gasteiger partial charge in [-0.25, -0.2) is 9.59 Å². The quantitative estimate of drug-likeness (QED) is 0.403. The number of aliphatic hydroxyl groups is 1. The molecule has 12 heteroatoms. The van der Waals surface area contributed by atoms with Gasteiger partial charge in [0.25, 0.3) is 5.79 Å². The molecule has 3 rings (SSSR count). The number of nitrogens with one attached hydrogen (secondary N) is 1. The van der Waals surface area contributed by atoms with Crippen molar-refractivity contribution in [3.63, 3.8) is 0 Å². The number of rotatable bonds is 7. The Labute approximate surface area is 195 Å². The first-order valence-electron chi connectivity index (χ1n) is 10.1. The lowest BCUT2D eigenvalue weighted by molar-refractivity contribution is -0.303. The van der Waals surface area contributed by atoms with Crippen LogP contribution in [-0.2, 0) is 38.0 Å². The summed E-state index contributed by atoms with van der Waals surface area (Å²) in [5, 5.41) is 13.5. The molecule has 6 atom stereocenters. The van der Waals surface area contributed by atoms with Gasteiger partial charge in [0, 0.05) is 26.3 Å². The SMILES string of the molecule is COC(=O)[C@]1(OC)C[C@H](OC(=O)c2ccccc2)[C@@H](NC(C)=O)[C@H]([C@H](O)[C@H]2COC(=S)O2)O1. The molecule has 1 aromatic carbocycles. The summed E-state index contributed by atoms with van der Waals surface area (Å²) in [6.07, 6.45) is -5.22. The van der Waals surface area contributed by atoms with Gasteiger partial charge in [-0.3, -0.25) is 4.79 Å². The summed E-state index contributed by atoms with van der Waals surface area (Å²) in [5.74, 6) is -4.13. The predicted octanol–water partition coefficient (Wildman–Crippen LogP) is 0.0825. The van der Waals surface area contributed by atoms with E-state index in [1.165, 1.54) is 14.0 Å². The highest BCUT2D eigenvalue weighted by atomic mass is 32.1. The lowest BCUT2D eigenvalue weighted by Crippen LogP contribution is -2.68. The number of thiocarbonyl (C=S) groups is 1. The van der Waals surface area contributed by atoms with Crippen molar-refractivity contribution < 1.29 is 47.9 Å². The van der Waals surface area contributed by atoms with Gasteiger partial charge >= 0.3 is 17.2 Å². The molecule has 2 aliphatic heterocycles. The summed E-state index contributed by atoms with van der Waals surface area (Å²) in [7, 11) is 2.34. The zero-order valence-corrected chi connectivity index (χ0v) is 19.0. The molecule has 0 saturated carbocycles. The molecule has 0 spiro atoms. The van der Waals surface area contributed by atoms with E-state index in [-0.39, 0.29) is 23.8 Å². The lowest BCUT2D eigenvalue weighted by Gasteiger charge is -2.47. The van der Waals surface area contributed by atoms with E-state index in [2.05, 4.69) is 5.32 Å². The van der Waals surface area contributed by atoms with E-state index in [0.717, 1.165) is 7.11 Å². The van der Waals surface area contributed by atoms with Gasteiger partial charge < -0.3 is 38.8 Å². The zero-order valence-electron chi connectivity index (χ0n) is 18.2. The number of hydrogen-bond donors (Lipinski definition) is 2.